The first-order valence-corrected chi connectivity index (χ1v) is 9.57. The van der Waals surface area contributed by atoms with Crippen LogP contribution in [-0.4, -0.2) is 57.2 Å². The van der Waals surface area contributed by atoms with E-state index in [0.717, 1.165) is 13.0 Å². The molecule has 0 bridgehead atoms. The predicted octanol–water partition coefficient (Wildman–Crippen LogP) is 0.0557. The fourth-order valence-corrected chi connectivity index (χ4v) is 4.85. The molecule has 3 heterocycles. The molecule has 1 unspecified atom stereocenters. The lowest BCUT2D eigenvalue weighted by atomic mass is 10.2. The molecule has 3 rings (SSSR count). The van der Waals surface area contributed by atoms with E-state index in [2.05, 4.69) is 26.9 Å². The number of sulfone groups is 1. The summed E-state index contributed by atoms with van der Waals surface area (Å²) in [5.41, 5.74) is 0.327. The van der Waals surface area contributed by atoms with Crippen molar-refractivity contribution in [2.45, 2.75) is 32.4 Å². The molecule has 1 aliphatic heterocycles. The van der Waals surface area contributed by atoms with E-state index in [4.69, 9.17) is 0 Å². The molecule has 9 heteroatoms. The third-order valence-electron chi connectivity index (χ3n) is 4.24. The predicted molar refractivity (Wildman–Crippen MR) is 86.9 cm³/mol. The van der Waals surface area contributed by atoms with Gasteiger partial charge in [-0.3, -0.25) is 14.4 Å². The second-order valence-corrected chi connectivity index (χ2v) is 8.27. The number of H-pyrrole nitrogens is 1. The minimum Gasteiger partial charge on any atom is -0.309 e. The molecule has 1 aliphatic rings. The molecular formula is C14H21N5O3S. The molecule has 0 aliphatic carbocycles. The van der Waals surface area contributed by atoms with Crippen LogP contribution >= 0.6 is 0 Å². The minimum absolute atomic E-state index is 0.00696. The smallest absolute Gasteiger partial charge is 0.262 e. The second-order valence-electron chi connectivity index (χ2n) is 6.05. The second kappa shape index (κ2) is 6.04. The summed E-state index contributed by atoms with van der Waals surface area (Å²) in [4.78, 5) is 21.5. The average Bonchev–Trinajstić information content (AvgIpc) is 3.02. The van der Waals surface area contributed by atoms with Gasteiger partial charge < -0.3 is 4.98 Å². The Morgan fingerprint density at radius 3 is 2.91 bits per heavy atom. The zero-order valence-corrected chi connectivity index (χ0v) is 14.1. The van der Waals surface area contributed by atoms with Crippen LogP contribution in [0.1, 0.15) is 25.6 Å². The summed E-state index contributed by atoms with van der Waals surface area (Å²) < 4.78 is 25.0. The Morgan fingerprint density at radius 1 is 1.48 bits per heavy atom. The highest BCUT2D eigenvalue weighted by Gasteiger charge is 2.32. The molecule has 1 N–H and O–H groups in total. The summed E-state index contributed by atoms with van der Waals surface area (Å²) in [5.74, 6) is 0.970. The van der Waals surface area contributed by atoms with Gasteiger partial charge in [0.25, 0.3) is 5.56 Å². The third-order valence-corrected chi connectivity index (χ3v) is 5.99. The van der Waals surface area contributed by atoms with Gasteiger partial charge in [-0.25, -0.2) is 13.4 Å². The van der Waals surface area contributed by atoms with Crippen LogP contribution in [0.5, 0.6) is 0 Å². The van der Waals surface area contributed by atoms with Crippen molar-refractivity contribution < 1.29 is 8.42 Å². The largest absolute Gasteiger partial charge is 0.309 e. The molecule has 23 heavy (non-hydrogen) atoms. The first kappa shape index (κ1) is 16.1. The average molecular weight is 339 g/mol. The SMILES string of the molecule is CCCN(Cc1nc2c(cnn2C)c(=O)[nH]1)C1CCS(=O)(=O)C1. The fourth-order valence-electron chi connectivity index (χ4n) is 3.09. The molecule has 0 amide bonds. The van der Waals surface area contributed by atoms with Crippen molar-refractivity contribution in [2.75, 3.05) is 18.1 Å². The number of nitrogens with zero attached hydrogens (tertiary/aromatic N) is 4. The molecule has 2 aromatic heterocycles. The van der Waals surface area contributed by atoms with Crippen molar-refractivity contribution in [3.8, 4) is 0 Å². The van der Waals surface area contributed by atoms with Crippen LogP contribution < -0.4 is 5.56 Å². The van der Waals surface area contributed by atoms with E-state index in [0.29, 0.717) is 29.8 Å². The number of hydrogen-bond donors (Lipinski definition) is 1. The van der Waals surface area contributed by atoms with E-state index < -0.39 is 9.84 Å². The van der Waals surface area contributed by atoms with Crippen LogP contribution in [0.3, 0.4) is 0 Å². The zero-order valence-electron chi connectivity index (χ0n) is 13.3. The van der Waals surface area contributed by atoms with E-state index >= 15 is 0 Å². The van der Waals surface area contributed by atoms with Crippen molar-refractivity contribution in [2.24, 2.45) is 7.05 Å². The highest BCUT2D eigenvalue weighted by atomic mass is 32.2. The van der Waals surface area contributed by atoms with Gasteiger partial charge in [-0.05, 0) is 19.4 Å². The van der Waals surface area contributed by atoms with Crippen molar-refractivity contribution >= 4 is 20.9 Å². The molecular weight excluding hydrogens is 318 g/mol. The van der Waals surface area contributed by atoms with Crippen molar-refractivity contribution in [3.63, 3.8) is 0 Å². The number of nitrogens with one attached hydrogen (secondary N) is 1. The third kappa shape index (κ3) is 3.30. The Morgan fingerprint density at radius 2 is 2.26 bits per heavy atom. The van der Waals surface area contributed by atoms with Crippen molar-refractivity contribution in [1.82, 2.24) is 24.6 Å². The van der Waals surface area contributed by atoms with Gasteiger partial charge in [0.05, 0.1) is 24.2 Å². The van der Waals surface area contributed by atoms with Crippen molar-refractivity contribution in [1.29, 1.82) is 0 Å². The van der Waals surface area contributed by atoms with E-state index in [1.165, 1.54) is 6.20 Å². The van der Waals surface area contributed by atoms with E-state index in [9.17, 15) is 13.2 Å². The normalized spacial score (nSPS) is 20.6. The quantitative estimate of drug-likeness (QED) is 0.826. The number of aromatic nitrogens is 4. The van der Waals surface area contributed by atoms with Crippen LogP contribution in [0.25, 0.3) is 11.0 Å². The Labute approximate surface area is 134 Å². The highest BCUT2D eigenvalue weighted by molar-refractivity contribution is 7.91. The van der Waals surface area contributed by atoms with Gasteiger partial charge in [0, 0.05) is 13.1 Å². The number of hydrogen-bond acceptors (Lipinski definition) is 6. The Balaban J connectivity index is 1.88. The van der Waals surface area contributed by atoms with Gasteiger partial charge >= 0.3 is 0 Å². The summed E-state index contributed by atoms with van der Waals surface area (Å²) in [5, 5.41) is 4.51. The number of fused-ring (bicyclic) bond motifs is 1. The monoisotopic (exact) mass is 339 g/mol. The molecule has 1 fully saturated rings. The van der Waals surface area contributed by atoms with Gasteiger partial charge in [-0.15, -0.1) is 0 Å². The van der Waals surface area contributed by atoms with Gasteiger partial charge in [0.2, 0.25) is 0 Å². The van der Waals surface area contributed by atoms with E-state index in [-0.39, 0.29) is 23.1 Å². The van der Waals surface area contributed by atoms with Gasteiger partial charge in [0.15, 0.2) is 15.5 Å². The molecule has 1 saturated heterocycles. The Bertz CT molecular complexity index is 870. The summed E-state index contributed by atoms with van der Waals surface area (Å²) in [6.07, 6.45) is 3.05. The molecule has 126 valence electrons. The molecule has 8 nitrogen and oxygen atoms in total. The standard InChI is InChI=1S/C14H21N5O3S/c1-3-5-19(10-4-6-23(21,22)9-10)8-12-16-13-11(14(20)17-12)7-15-18(13)2/h7,10H,3-6,8-9H2,1-2H3,(H,16,17,20). The van der Waals surface area contributed by atoms with Gasteiger partial charge in [-0.1, -0.05) is 6.92 Å². The lowest BCUT2D eigenvalue weighted by molar-refractivity contribution is 0.199. The fraction of sp³-hybridized carbons (Fsp3) is 0.643. The minimum atomic E-state index is -2.94. The lowest BCUT2D eigenvalue weighted by Crippen LogP contribution is -2.37. The summed E-state index contributed by atoms with van der Waals surface area (Å²) in [6, 6.07) is -0.00696. The van der Waals surface area contributed by atoms with E-state index in [1.807, 2.05) is 0 Å². The van der Waals surface area contributed by atoms with Gasteiger partial charge in [-0.2, -0.15) is 5.10 Å². The molecule has 0 saturated carbocycles. The molecule has 2 aromatic rings. The maximum atomic E-state index is 12.1. The van der Waals surface area contributed by atoms with E-state index in [1.54, 1.807) is 11.7 Å². The first-order chi connectivity index (χ1) is 10.9. The summed E-state index contributed by atoms with van der Waals surface area (Å²) in [7, 11) is -1.20. The maximum Gasteiger partial charge on any atom is 0.262 e. The molecule has 1 atom stereocenters. The first-order valence-electron chi connectivity index (χ1n) is 7.75. The Hall–Kier alpha value is -1.74. The van der Waals surface area contributed by atoms with Gasteiger partial charge in [0.1, 0.15) is 11.2 Å². The lowest BCUT2D eigenvalue weighted by Gasteiger charge is -2.26. The molecule has 0 radical (unpaired) electrons. The van der Waals surface area contributed by atoms with Crippen LogP contribution in [0.2, 0.25) is 0 Å². The van der Waals surface area contributed by atoms with Crippen molar-refractivity contribution in [3.05, 3.63) is 22.4 Å². The molecule has 0 spiro atoms. The molecule has 0 aromatic carbocycles. The zero-order chi connectivity index (χ0) is 16.6. The van der Waals surface area contributed by atoms with Crippen LogP contribution in [-0.2, 0) is 23.4 Å². The summed E-state index contributed by atoms with van der Waals surface area (Å²) in [6.45, 7) is 3.26. The number of aromatic amines is 1. The topological polar surface area (TPSA) is 101 Å². The van der Waals surface area contributed by atoms with Crippen LogP contribution in [0, 0.1) is 0 Å². The Kier molecular flexibility index (Phi) is 4.24. The summed E-state index contributed by atoms with van der Waals surface area (Å²) >= 11 is 0. The maximum absolute atomic E-state index is 12.1. The highest BCUT2D eigenvalue weighted by Crippen LogP contribution is 2.19. The number of rotatable bonds is 5. The number of aryl methyl sites for hydroxylation is 1. The van der Waals surface area contributed by atoms with Crippen LogP contribution in [0.15, 0.2) is 11.0 Å². The van der Waals surface area contributed by atoms with Crippen LogP contribution in [0.4, 0.5) is 0 Å².